The molecule has 94 valence electrons. The summed E-state index contributed by atoms with van der Waals surface area (Å²) in [6.07, 6.45) is 2.03. The predicted octanol–water partition coefficient (Wildman–Crippen LogP) is 2.38. The molecule has 0 spiro atoms. The summed E-state index contributed by atoms with van der Waals surface area (Å²) in [5, 5.41) is 0. The summed E-state index contributed by atoms with van der Waals surface area (Å²) in [6, 6.07) is 4.96. The molecule has 0 amide bonds. The van der Waals surface area contributed by atoms with E-state index in [1.165, 1.54) is 13.2 Å². The van der Waals surface area contributed by atoms with E-state index in [0.29, 0.717) is 23.5 Å². The molecule has 0 saturated carbocycles. The highest BCUT2D eigenvalue weighted by atomic mass is 16.5. The van der Waals surface area contributed by atoms with Crippen LogP contribution in [0.2, 0.25) is 0 Å². The standard InChI is InChI=1S/C14H14O4/c1-3-7-18-12-8-10(15)9-5-4-6-11(17-2)13(9)14(12)16/h4-6,8H,3,7H2,1-2H3. The number of allylic oxidation sites excluding steroid dienone is 2. The first kappa shape index (κ1) is 12.4. The normalized spacial score (nSPS) is 14.0. The van der Waals surface area contributed by atoms with Gasteiger partial charge in [-0.25, -0.2) is 0 Å². The lowest BCUT2D eigenvalue weighted by Gasteiger charge is -2.17. The highest BCUT2D eigenvalue weighted by Gasteiger charge is 2.29. The zero-order valence-corrected chi connectivity index (χ0v) is 10.4. The van der Waals surface area contributed by atoms with E-state index in [4.69, 9.17) is 9.47 Å². The molecule has 2 rings (SSSR count). The van der Waals surface area contributed by atoms with Crippen LogP contribution in [-0.2, 0) is 4.74 Å². The van der Waals surface area contributed by atoms with Gasteiger partial charge in [0, 0.05) is 11.6 Å². The van der Waals surface area contributed by atoms with Crippen LogP contribution in [0, 0.1) is 0 Å². The number of hydrogen-bond donors (Lipinski definition) is 0. The average Bonchev–Trinajstić information content (AvgIpc) is 2.40. The Hall–Kier alpha value is -2.10. The SMILES string of the molecule is CCCOC1=CC(=O)c2cccc(OC)c2C1=O. The number of hydrogen-bond acceptors (Lipinski definition) is 4. The molecule has 0 aromatic heterocycles. The molecule has 0 fully saturated rings. The fraction of sp³-hybridized carbons (Fsp3) is 0.286. The molecule has 1 aromatic carbocycles. The summed E-state index contributed by atoms with van der Waals surface area (Å²) >= 11 is 0. The van der Waals surface area contributed by atoms with Crippen molar-refractivity contribution in [2.45, 2.75) is 13.3 Å². The number of methoxy groups -OCH3 is 1. The van der Waals surface area contributed by atoms with E-state index in [1.807, 2.05) is 6.92 Å². The summed E-state index contributed by atoms with van der Waals surface area (Å²) in [5.41, 5.74) is 0.654. The van der Waals surface area contributed by atoms with Crippen LogP contribution in [0.5, 0.6) is 5.75 Å². The smallest absolute Gasteiger partial charge is 0.232 e. The van der Waals surface area contributed by atoms with Crippen molar-refractivity contribution in [1.82, 2.24) is 0 Å². The molecule has 0 bridgehead atoms. The van der Waals surface area contributed by atoms with E-state index in [9.17, 15) is 9.59 Å². The first-order valence-corrected chi connectivity index (χ1v) is 5.79. The van der Waals surface area contributed by atoms with Crippen molar-refractivity contribution in [1.29, 1.82) is 0 Å². The second kappa shape index (κ2) is 5.04. The van der Waals surface area contributed by atoms with Gasteiger partial charge in [-0.2, -0.15) is 0 Å². The van der Waals surface area contributed by atoms with Crippen molar-refractivity contribution in [3.05, 3.63) is 41.2 Å². The third-order valence-corrected chi connectivity index (χ3v) is 2.69. The van der Waals surface area contributed by atoms with Crippen LogP contribution >= 0.6 is 0 Å². The first-order valence-electron chi connectivity index (χ1n) is 5.79. The Morgan fingerprint density at radius 2 is 2.00 bits per heavy atom. The second-order valence-electron chi connectivity index (χ2n) is 3.93. The minimum absolute atomic E-state index is 0.0962. The van der Waals surface area contributed by atoms with Gasteiger partial charge < -0.3 is 9.47 Å². The molecule has 0 atom stereocenters. The Labute approximate surface area is 105 Å². The van der Waals surface area contributed by atoms with Gasteiger partial charge in [0.25, 0.3) is 0 Å². The van der Waals surface area contributed by atoms with Gasteiger partial charge >= 0.3 is 0 Å². The molecule has 0 heterocycles. The second-order valence-corrected chi connectivity index (χ2v) is 3.93. The summed E-state index contributed by atoms with van der Waals surface area (Å²) in [7, 11) is 1.47. The number of ether oxygens (including phenoxy) is 2. The average molecular weight is 246 g/mol. The number of ketones is 2. The third kappa shape index (κ3) is 2.01. The molecule has 1 aliphatic carbocycles. The van der Waals surface area contributed by atoms with Gasteiger partial charge in [-0.15, -0.1) is 0 Å². The van der Waals surface area contributed by atoms with Crippen molar-refractivity contribution in [3.63, 3.8) is 0 Å². The number of fused-ring (bicyclic) bond motifs is 1. The molecular weight excluding hydrogens is 232 g/mol. The molecule has 0 N–H and O–H groups in total. The fourth-order valence-electron chi connectivity index (χ4n) is 1.85. The predicted molar refractivity (Wildman–Crippen MR) is 66.0 cm³/mol. The number of carbonyl (C=O) groups is 2. The van der Waals surface area contributed by atoms with Crippen molar-refractivity contribution in [2.75, 3.05) is 13.7 Å². The van der Waals surface area contributed by atoms with Crippen molar-refractivity contribution in [3.8, 4) is 5.75 Å². The number of Topliss-reactive ketones (excluding diaryl/α,β-unsaturated/α-hetero) is 1. The molecule has 0 aliphatic heterocycles. The van der Waals surface area contributed by atoms with Crippen LogP contribution in [-0.4, -0.2) is 25.3 Å². The van der Waals surface area contributed by atoms with Crippen molar-refractivity contribution in [2.24, 2.45) is 0 Å². The quantitative estimate of drug-likeness (QED) is 0.818. The first-order chi connectivity index (χ1) is 8.69. The summed E-state index contributed by atoms with van der Waals surface area (Å²) in [5.74, 6) is -0.0273. The molecule has 1 aromatic rings. The number of benzene rings is 1. The number of rotatable bonds is 4. The minimum Gasteiger partial charge on any atom is -0.496 e. The maximum absolute atomic E-state index is 12.2. The van der Waals surface area contributed by atoms with Crippen LogP contribution in [0.4, 0.5) is 0 Å². The third-order valence-electron chi connectivity index (χ3n) is 2.69. The van der Waals surface area contributed by atoms with E-state index in [-0.39, 0.29) is 17.3 Å². The Kier molecular flexibility index (Phi) is 3.46. The topological polar surface area (TPSA) is 52.6 Å². The lowest BCUT2D eigenvalue weighted by atomic mass is 9.93. The summed E-state index contributed by atoms with van der Waals surface area (Å²) in [6.45, 7) is 2.35. The summed E-state index contributed by atoms with van der Waals surface area (Å²) < 4.78 is 10.4. The van der Waals surface area contributed by atoms with Crippen LogP contribution in [0.15, 0.2) is 30.0 Å². The number of carbonyl (C=O) groups excluding carboxylic acids is 2. The highest BCUT2D eigenvalue weighted by Crippen LogP contribution is 2.29. The molecule has 0 radical (unpaired) electrons. The van der Waals surface area contributed by atoms with Crippen LogP contribution in [0.25, 0.3) is 0 Å². The Bertz CT molecular complexity index is 529. The molecule has 4 heteroatoms. The van der Waals surface area contributed by atoms with Gasteiger partial charge in [-0.05, 0) is 12.5 Å². The van der Waals surface area contributed by atoms with Gasteiger partial charge in [0.05, 0.1) is 19.3 Å². The van der Waals surface area contributed by atoms with Gasteiger partial charge in [0.1, 0.15) is 5.75 Å². The maximum Gasteiger partial charge on any atom is 0.232 e. The van der Waals surface area contributed by atoms with E-state index < -0.39 is 0 Å². The van der Waals surface area contributed by atoms with E-state index in [2.05, 4.69) is 0 Å². The lowest BCUT2D eigenvalue weighted by molar-refractivity contribution is 0.0880. The largest absolute Gasteiger partial charge is 0.496 e. The molecular formula is C14H14O4. The molecule has 1 aliphatic rings. The van der Waals surface area contributed by atoms with E-state index in [0.717, 1.165) is 6.42 Å². The van der Waals surface area contributed by atoms with Gasteiger partial charge in [0.2, 0.25) is 5.78 Å². The van der Waals surface area contributed by atoms with Crippen molar-refractivity contribution >= 4 is 11.6 Å². The zero-order valence-electron chi connectivity index (χ0n) is 10.4. The molecule has 0 saturated heterocycles. The Morgan fingerprint density at radius 3 is 2.67 bits per heavy atom. The Morgan fingerprint density at radius 1 is 1.22 bits per heavy atom. The van der Waals surface area contributed by atoms with Gasteiger partial charge in [0.15, 0.2) is 11.5 Å². The summed E-state index contributed by atoms with van der Waals surface area (Å²) in [4.78, 5) is 24.1. The monoisotopic (exact) mass is 246 g/mol. The highest BCUT2D eigenvalue weighted by molar-refractivity contribution is 6.24. The van der Waals surface area contributed by atoms with E-state index >= 15 is 0 Å². The van der Waals surface area contributed by atoms with Crippen LogP contribution in [0.1, 0.15) is 34.1 Å². The molecule has 0 unspecified atom stereocenters. The maximum atomic E-state index is 12.2. The Balaban J connectivity index is 2.45. The van der Waals surface area contributed by atoms with Crippen LogP contribution < -0.4 is 4.74 Å². The molecule has 18 heavy (non-hydrogen) atoms. The fourth-order valence-corrected chi connectivity index (χ4v) is 1.85. The van der Waals surface area contributed by atoms with Crippen LogP contribution in [0.3, 0.4) is 0 Å². The van der Waals surface area contributed by atoms with Gasteiger partial charge in [-0.3, -0.25) is 9.59 Å². The minimum atomic E-state index is -0.296. The molecule has 4 nitrogen and oxygen atoms in total. The van der Waals surface area contributed by atoms with Gasteiger partial charge in [-0.1, -0.05) is 19.1 Å². The van der Waals surface area contributed by atoms with E-state index in [1.54, 1.807) is 18.2 Å². The zero-order chi connectivity index (χ0) is 13.1. The van der Waals surface area contributed by atoms with Crippen molar-refractivity contribution < 1.29 is 19.1 Å². The lowest BCUT2D eigenvalue weighted by Crippen LogP contribution is -2.19.